The predicted molar refractivity (Wildman–Crippen MR) is 135 cm³/mol. The van der Waals surface area contributed by atoms with E-state index in [0.29, 0.717) is 35.0 Å². The van der Waals surface area contributed by atoms with E-state index < -0.39 is 45.1 Å². The van der Waals surface area contributed by atoms with Gasteiger partial charge in [-0.1, -0.05) is 23.7 Å². The molecule has 0 aliphatic carbocycles. The van der Waals surface area contributed by atoms with Crippen molar-refractivity contribution in [2.24, 2.45) is 0 Å². The molecule has 1 saturated heterocycles. The molecule has 0 saturated carbocycles. The number of rotatable bonds is 6. The Hall–Kier alpha value is -3.42. The Bertz CT molecular complexity index is 1520. The molecule has 1 fully saturated rings. The molecule has 196 valence electrons. The summed E-state index contributed by atoms with van der Waals surface area (Å²) in [7, 11) is 0. The number of alkyl halides is 3. The maximum atomic E-state index is 13.3. The lowest BCUT2D eigenvalue weighted by atomic mass is 10.1. The number of ether oxygens (including phenoxy) is 1. The fraction of sp³-hybridized carbons (Fsp3) is 0.0833. The van der Waals surface area contributed by atoms with E-state index in [4.69, 9.17) is 16.3 Å². The minimum absolute atomic E-state index is 0.0593. The van der Waals surface area contributed by atoms with E-state index >= 15 is 0 Å². The monoisotopic (exact) mass is 630 g/mol. The molecule has 14 heteroatoms. The zero-order valence-electron chi connectivity index (χ0n) is 18.6. The summed E-state index contributed by atoms with van der Waals surface area (Å²) < 4.78 is 57.9. The number of imide groups is 1. The number of nitro benzene ring substituents is 1. The van der Waals surface area contributed by atoms with Crippen molar-refractivity contribution in [3.05, 3.63) is 102 Å². The third-order valence-corrected chi connectivity index (χ3v) is 7.05. The lowest BCUT2D eigenvalue weighted by molar-refractivity contribution is -0.385. The van der Waals surface area contributed by atoms with Crippen LogP contribution in [0.1, 0.15) is 16.7 Å². The summed E-state index contributed by atoms with van der Waals surface area (Å²) in [5.41, 5.74) is -1.22. The smallest absolute Gasteiger partial charge is 0.416 e. The van der Waals surface area contributed by atoms with Gasteiger partial charge >= 0.3 is 11.9 Å². The number of thioether (sulfide) groups is 1. The van der Waals surface area contributed by atoms with Gasteiger partial charge in [0.2, 0.25) is 5.75 Å². The third kappa shape index (κ3) is 6.00. The van der Waals surface area contributed by atoms with Crippen LogP contribution < -0.4 is 4.74 Å². The largest absolute Gasteiger partial charge is 0.449 e. The number of hydrogen-bond acceptors (Lipinski definition) is 6. The van der Waals surface area contributed by atoms with Crippen LogP contribution in [0.5, 0.6) is 11.5 Å². The Labute approximate surface area is 229 Å². The molecular weight excluding hydrogens is 620 g/mol. The Balaban J connectivity index is 1.54. The number of amides is 2. The molecule has 0 N–H and O–H groups in total. The van der Waals surface area contributed by atoms with Gasteiger partial charge in [0.05, 0.1) is 26.4 Å². The molecule has 1 heterocycles. The molecule has 7 nitrogen and oxygen atoms in total. The molecule has 3 aromatic rings. The van der Waals surface area contributed by atoms with E-state index in [1.165, 1.54) is 30.3 Å². The summed E-state index contributed by atoms with van der Waals surface area (Å²) >= 11 is 9.93. The quantitative estimate of drug-likeness (QED) is 0.118. The van der Waals surface area contributed by atoms with Gasteiger partial charge in [-0.05, 0) is 81.3 Å². The average Bonchev–Trinajstić information content (AvgIpc) is 3.09. The van der Waals surface area contributed by atoms with Crippen LogP contribution in [-0.2, 0) is 17.5 Å². The topological polar surface area (TPSA) is 89.7 Å². The number of nitro groups is 1. The lowest BCUT2D eigenvalue weighted by Gasteiger charge is -2.13. The number of benzene rings is 3. The van der Waals surface area contributed by atoms with Gasteiger partial charge in [0.15, 0.2) is 0 Å². The van der Waals surface area contributed by atoms with E-state index in [-0.39, 0.29) is 26.7 Å². The average molecular weight is 632 g/mol. The van der Waals surface area contributed by atoms with Gasteiger partial charge in [-0.15, -0.1) is 0 Å². The van der Waals surface area contributed by atoms with E-state index in [9.17, 15) is 37.3 Å². The normalized spacial score (nSPS) is 14.9. The minimum atomic E-state index is -4.77. The number of nitrogens with zero attached hydrogens (tertiary/aromatic N) is 2. The molecule has 2 amide bonds. The highest BCUT2D eigenvalue weighted by Crippen LogP contribution is 2.40. The number of carbonyl (C=O) groups excluding carboxylic acids is 2. The van der Waals surface area contributed by atoms with Crippen LogP contribution in [0.15, 0.2) is 64.0 Å². The van der Waals surface area contributed by atoms with Gasteiger partial charge in [-0.2, -0.15) is 13.2 Å². The molecule has 0 radical (unpaired) electrons. The molecule has 0 unspecified atom stereocenters. The van der Waals surface area contributed by atoms with Crippen molar-refractivity contribution in [3.8, 4) is 11.5 Å². The highest BCUT2D eigenvalue weighted by Gasteiger charge is 2.36. The first-order valence-corrected chi connectivity index (χ1v) is 12.3. The van der Waals surface area contributed by atoms with E-state index in [1.807, 2.05) is 0 Å². The second-order valence-corrected chi connectivity index (χ2v) is 9.99. The van der Waals surface area contributed by atoms with Crippen molar-refractivity contribution in [1.29, 1.82) is 0 Å². The summed E-state index contributed by atoms with van der Waals surface area (Å²) in [6.45, 7) is -0.149. The number of hydrogen-bond donors (Lipinski definition) is 0. The predicted octanol–water partition coefficient (Wildman–Crippen LogP) is 8.20. The van der Waals surface area contributed by atoms with Crippen LogP contribution in [0, 0.1) is 15.9 Å². The standard InChI is InChI=1S/C24H12BrClF4N2O5S/c25-16-7-12(1-5-19(16)37-20-6-3-14(24(28,29)30)9-18(20)32(35)36)8-21-22(33)31(23(34)38-21)11-13-2-4-15(27)10-17(13)26/h1-10H,11H2/b21-8+. The van der Waals surface area contributed by atoms with E-state index in [0.717, 1.165) is 23.1 Å². The highest BCUT2D eigenvalue weighted by molar-refractivity contribution is 9.10. The lowest BCUT2D eigenvalue weighted by Crippen LogP contribution is -2.27. The molecule has 0 aromatic heterocycles. The second kappa shape index (κ2) is 10.8. The molecule has 38 heavy (non-hydrogen) atoms. The fourth-order valence-electron chi connectivity index (χ4n) is 3.34. The van der Waals surface area contributed by atoms with Crippen LogP contribution in [0.25, 0.3) is 6.08 Å². The van der Waals surface area contributed by atoms with Crippen LogP contribution in [0.2, 0.25) is 5.02 Å². The SMILES string of the molecule is O=C1S/C(=C/c2ccc(Oc3ccc(C(F)(F)F)cc3[N+](=O)[O-])c(Br)c2)C(=O)N1Cc1ccc(F)cc1Cl. The summed E-state index contributed by atoms with van der Waals surface area (Å²) in [4.78, 5) is 36.6. The van der Waals surface area contributed by atoms with Crippen molar-refractivity contribution < 1.29 is 36.8 Å². The first-order valence-electron chi connectivity index (χ1n) is 10.4. The molecule has 3 aromatic carbocycles. The first-order chi connectivity index (χ1) is 17.8. The summed E-state index contributed by atoms with van der Waals surface area (Å²) in [6.07, 6.45) is -3.33. The zero-order chi connectivity index (χ0) is 27.8. The molecule has 1 aliphatic rings. The van der Waals surface area contributed by atoms with Crippen molar-refractivity contribution >= 4 is 62.2 Å². The van der Waals surface area contributed by atoms with Crippen LogP contribution in [0.4, 0.5) is 28.0 Å². The Morgan fingerprint density at radius 1 is 1.08 bits per heavy atom. The second-order valence-electron chi connectivity index (χ2n) is 7.73. The maximum Gasteiger partial charge on any atom is 0.416 e. The number of halogens is 6. The molecule has 4 rings (SSSR count). The summed E-state index contributed by atoms with van der Waals surface area (Å²) in [5, 5.41) is 10.8. The molecule has 0 spiro atoms. The van der Waals surface area contributed by atoms with Crippen molar-refractivity contribution in [2.45, 2.75) is 12.7 Å². The van der Waals surface area contributed by atoms with Crippen LogP contribution >= 0.6 is 39.3 Å². The summed E-state index contributed by atoms with van der Waals surface area (Å²) in [5.74, 6) is -1.49. The zero-order valence-corrected chi connectivity index (χ0v) is 21.8. The Morgan fingerprint density at radius 2 is 1.79 bits per heavy atom. The third-order valence-electron chi connectivity index (χ3n) is 5.17. The van der Waals surface area contributed by atoms with Crippen molar-refractivity contribution in [1.82, 2.24) is 4.90 Å². The first kappa shape index (κ1) is 27.6. The fourth-order valence-corrected chi connectivity index (χ4v) is 4.88. The van der Waals surface area contributed by atoms with Crippen LogP contribution in [0.3, 0.4) is 0 Å². The molecule has 1 aliphatic heterocycles. The van der Waals surface area contributed by atoms with E-state index in [1.54, 1.807) is 0 Å². The van der Waals surface area contributed by atoms with Gasteiger partial charge in [0.25, 0.3) is 11.1 Å². The van der Waals surface area contributed by atoms with Crippen molar-refractivity contribution in [3.63, 3.8) is 0 Å². The number of carbonyl (C=O) groups is 2. The summed E-state index contributed by atoms with van der Waals surface area (Å²) in [6, 6.07) is 9.89. The van der Waals surface area contributed by atoms with Gasteiger partial charge < -0.3 is 4.74 Å². The van der Waals surface area contributed by atoms with Crippen molar-refractivity contribution in [2.75, 3.05) is 0 Å². The molecule has 0 bridgehead atoms. The minimum Gasteiger partial charge on any atom is -0.449 e. The van der Waals surface area contributed by atoms with Gasteiger partial charge in [0.1, 0.15) is 11.6 Å². The molecule has 0 atom stereocenters. The Kier molecular flexibility index (Phi) is 7.81. The Morgan fingerprint density at radius 3 is 2.42 bits per heavy atom. The van der Waals surface area contributed by atoms with Crippen LogP contribution in [-0.4, -0.2) is 21.0 Å². The maximum absolute atomic E-state index is 13.3. The van der Waals surface area contributed by atoms with Gasteiger partial charge in [-0.3, -0.25) is 24.6 Å². The van der Waals surface area contributed by atoms with E-state index in [2.05, 4.69) is 15.9 Å². The van der Waals surface area contributed by atoms with Gasteiger partial charge in [-0.25, -0.2) is 4.39 Å². The van der Waals surface area contributed by atoms with Gasteiger partial charge in [0, 0.05) is 11.1 Å². The highest BCUT2D eigenvalue weighted by atomic mass is 79.9. The molecular formula is C24H12BrClF4N2O5S.